The van der Waals surface area contributed by atoms with E-state index in [1.807, 2.05) is 44.2 Å². The van der Waals surface area contributed by atoms with Gasteiger partial charge in [-0.25, -0.2) is 9.78 Å². The van der Waals surface area contributed by atoms with E-state index >= 15 is 0 Å². The van der Waals surface area contributed by atoms with Gasteiger partial charge in [-0.2, -0.15) is 4.98 Å². The second kappa shape index (κ2) is 7.40. The van der Waals surface area contributed by atoms with Crippen LogP contribution in [0.3, 0.4) is 0 Å². The molecule has 22 heavy (non-hydrogen) atoms. The summed E-state index contributed by atoms with van der Waals surface area (Å²) in [6, 6.07) is 10.1. The molecule has 0 bridgehead atoms. The monoisotopic (exact) mass is 301 g/mol. The van der Waals surface area contributed by atoms with E-state index in [4.69, 9.17) is 4.74 Å². The van der Waals surface area contributed by atoms with Crippen molar-refractivity contribution < 1.29 is 14.6 Å². The number of nitrogens with one attached hydrogen (secondary N) is 1. The molecule has 1 aromatic heterocycles. The molecule has 6 nitrogen and oxygen atoms in total. The Labute approximate surface area is 129 Å². The van der Waals surface area contributed by atoms with E-state index in [0.29, 0.717) is 18.1 Å². The van der Waals surface area contributed by atoms with Crippen LogP contribution in [0.2, 0.25) is 0 Å². The zero-order valence-electron chi connectivity index (χ0n) is 12.6. The molecular weight excluding hydrogens is 282 g/mol. The van der Waals surface area contributed by atoms with Gasteiger partial charge in [0.15, 0.2) is 0 Å². The number of anilines is 1. The Morgan fingerprint density at radius 3 is 2.64 bits per heavy atom. The fraction of sp³-hybridized carbons (Fsp3) is 0.312. The molecule has 0 aliphatic carbocycles. The second-order valence-electron chi connectivity index (χ2n) is 5.30. The second-order valence-corrected chi connectivity index (χ2v) is 5.30. The van der Waals surface area contributed by atoms with Gasteiger partial charge in [-0.1, -0.05) is 32.0 Å². The number of nitrogens with zero attached hydrogens (tertiary/aromatic N) is 2. The van der Waals surface area contributed by atoms with Crippen molar-refractivity contribution in [2.45, 2.75) is 26.3 Å². The lowest BCUT2D eigenvalue weighted by Crippen LogP contribution is -2.31. The number of aliphatic carboxylic acids is 1. The molecule has 0 saturated carbocycles. The topological polar surface area (TPSA) is 84.3 Å². The number of rotatable bonds is 7. The van der Waals surface area contributed by atoms with Crippen LogP contribution in [0.4, 0.5) is 5.95 Å². The zero-order chi connectivity index (χ0) is 15.9. The SMILES string of the molecule is CC(C)C[C@@H](Nc1nccc(Oc2ccccc2)n1)C(=O)O. The van der Waals surface area contributed by atoms with Crippen molar-refractivity contribution in [1.82, 2.24) is 9.97 Å². The van der Waals surface area contributed by atoms with Crippen molar-refractivity contribution >= 4 is 11.9 Å². The first kappa shape index (κ1) is 15.8. The lowest BCUT2D eigenvalue weighted by Gasteiger charge is -2.16. The summed E-state index contributed by atoms with van der Waals surface area (Å²) < 4.78 is 5.60. The molecule has 0 aliphatic heterocycles. The smallest absolute Gasteiger partial charge is 0.326 e. The van der Waals surface area contributed by atoms with Crippen molar-refractivity contribution in [1.29, 1.82) is 0 Å². The molecule has 1 heterocycles. The summed E-state index contributed by atoms with van der Waals surface area (Å²) in [4.78, 5) is 19.5. The molecular formula is C16H19N3O3. The number of hydrogen-bond donors (Lipinski definition) is 2. The summed E-state index contributed by atoms with van der Waals surface area (Å²) in [5, 5.41) is 12.1. The van der Waals surface area contributed by atoms with Crippen molar-refractivity contribution in [3.63, 3.8) is 0 Å². The minimum absolute atomic E-state index is 0.237. The average Bonchev–Trinajstić information content (AvgIpc) is 2.47. The van der Waals surface area contributed by atoms with Crippen LogP contribution in [0, 0.1) is 5.92 Å². The van der Waals surface area contributed by atoms with Crippen molar-refractivity contribution in [3.05, 3.63) is 42.6 Å². The van der Waals surface area contributed by atoms with Gasteiger partial charge < -0.3 is 15.2 Å². The molecule has 0 saturated heterocycles. The number of aromatic nitrogens is 2. The van der Waals surface area contributed by atoms with E-state index in [0.717, 1.165) is 0 Å². The van der Waals surface area contributed by atoms with Gasteiger partial charge >= 0.3 is 5.97 Å². The van der Waals surface area contributed by atoms with Crippen molar-refractivity contribution in [3.8, 4) is 11.6 Å². The molecule has 0 aliphatic rings. The van der Waals surface area contributed by atoms with Crippen LogP contribution in [-0.4, -0.2) is 27.1 Å². The minimum atomic E-state index is -0.924. The van der Waals surface area contributed by atoms with Gasteiger partial charge in [0.25, 0.3) is 0 Å². The largest absolute Gasteiger partial charge is 0.480 e. The molecule has 2 N–H and O–H groups in total. The number of benzene rings is 1. The highest BCUT2D eigenvalue weighted by molar-refractivity contribution is 5.76. The zero-order valence-corrected chi connectivity index (χ0v) is 12.6. The lowest BCUT2D eigenvalue weighted by atomic mass is 10.0. The quantitative estimate of drug-likeness (QED) is 0.817. The summed E-state index contributed by atoms with van der Waals surface area (Å²) in [6.45, 7) is 3.93. The number of hydrogen-bond acceptors (Lipinski definition) is 5. The molecule has 2 rings (SSSR count). The maximum Gasteiger partial charge on any atom is 0.326 e. The highest BCUT2D eigenvalue weighted by Crippen LogP contribution is 2.19. The number of carboxylic acid groups (broad SMARTS) is 1. The molecule has 0 fully saturated rings. The highest BCUT2D eigenvalue weighted by atomic mass is 16.5. The fourth-order valence-electron chi connectivity index (χ4n) is 1.93. The first-order valence-corrected chi connectivity index (χ1v) is 7.10. The van der Waals surface area contributed by atoms with E-state index in [9.17, 15) is 9.90 Å². The third-order valence-electron chi connectivity index (χ3n) is 2.90. The molecule has 0 amide bonds. The first-order chi connectivity index (χ1) is 10.5. The van der Waals surface area contributed by atoms with Crippen LogP contribution in [0.1, 0.15) is 20.3 Å². The molecule has 6 heteroatoms. The Hall–Kier alpha value is -2.63. The van der Waals surface area contributed by atoms with Crippen LogP contribution < -0.4 is 10.1 Å². The maximum absolute atomic E-state index is 11.3. The standard InChI is InChI=1S/C16H19N3O3/c1-11(2)10-13(15(20)21)18-16-17-9-8-14(19-16)22-12-6-4-3-5-7-12/h3-9,11,13H,10H2,1-2H3,(H,20,21)(H,17,18,19)/t13-/m1/s1. The summed E-state index contributed by atoms with van der Waals surface area (Å²) in [5.41, 5.74) is 0. The number of carbonyl (C=O) groups is 1. The number of ether oxygens (including phenoxy) is 1. The van der Waals surface area contributed by atoms with Gasteiger partial charge in [0.2, 0.25) is 11.8 Å². The van der Waals surface area contributed by atoms with Gasteiger partial charge in [0.1, 0.15) is 11.8 Å². The van der Waals surface area contributed by atoms with E-state index in [1.165, 1.54) is 6.20 Å². The average molecular weight is 301 g/mol. The Balaban J connectivity index is 2.09. The Morgan fingerprint density at radius 2 is 2.00 bits per heavy atom. The predicted molar refractivity (Wildman–Crippen MR) is 83.0 cm³/mol. The first-order valence-electron chi connectivity index (χ1n) is 7.10. The maximum atomic E-state index is 11.3. The van der Waals surface area contributed by atoms with Crippen LogP contribution in [0.15, 0.2) is 42.6 Å². The molecule has 0 unspecified atom stereocenters. The van der Waals surface area contributed by atoms with Gasteiger partial charge in [-0.3, -0.25) is 0 Å². The lowest BCUT2D eigenvalue weighted by molar-refractivity contribution is -0.138. The molecule has 116 valence electrons. The minimum Gasteiger partial charge on any atom is -0.480 e. The summed E-state index contributed by atoms with van der Waals surface area (Å²) in [7, 11) is 0. The van der Waals surface area contributed by atoms with Crippen molar-refractivity contribution in [2.75, 3.05) is 5.32 Å². The Morgan fingerprint density at radius 1 is 1.27 bits per heavy atom. The number of carboxylic acids is 1. The van der Waals surface area contributed by atoms with E-state index < -0.39 is 12.0 Å². The van der Waals surface area contributed by atoms with Crippen molar-refractivity contribution in [2.24, 2.45) is 5.92 Å². The fourth-order valence-corrected chi connectivity index (χ4v) is 1.93. The van der Waals surface area contributed by atoms with Gasteiger partial charge in [-0.05, 0) is 24.5 Å². The van der Waals surface area contributed by atoms with E-state index in [-0.39, 0.29) is 11.9 Å². The van der Waals surface area contributed by atoms with Crippen LogP contribution >= 0.6 is 0 Å². The van der Waals surface area contributed by atoms with Crippen LogP contribution in [0.5, 0.6) is 11.6 Å². The van der Waals surface area contributed by atoms with Gasteiger partial charge in [0.05, 0.1) is 0 Å². The Kier molecular flexibility index (Phi) is 5.30. The highest BCUT2D eigenvalue weighted by Gasteiger charge is 2.19. The Bertz CT molecular complexity index is 617. The third-order valence-corrected chi connectivity index (χ3v) is 2.90. The molecule has 0 spiro atoms. The molecule has 2 aromatic rings. The molecule has 0 radical (unpaired) electrons. The summed E-state index contributed by atoms with van der Waals surface area (Å²) in [5.74, 6) is 0.576. The van der Waals surface area contributed by atoms with E-state index in [1.54, 1.807) is 6.07 Å². The summed E-state index contributed by atoms with van der Waals surface area (Å²) >= 11 is 0. The van der Waals surface area contributed by atoms with Gasteiger partial charge in [0, 0.05) is 12.3 Å². The summed E-state index contributed by atoms with van der Waals surface area (Å²) in [6.07, 6.45) is 2.02. The third kappa shape index (κ3) is 4.73. The van der Waals surface area contributed by atoms with Crippen LogP contribution in [0.25, 0.3) is 0 Å². The predicted octanol–water partition coefficient (Wildman–Crippen LogP) is 3.18. The van der Waals surface area contributed by atoms with Crippen LogP contribution in [-0.2, 0) is 4.79 Å². The van der Waals surface area contributed by atoms with E-state index in [2.05, 4.69) is 15.3 Å². The molecule has 1 aromatic carbocycles. The molecule has 1 atom stereocenters. The van der Waals surface area contributed by atoms with Gasteiger partial charge in [-0.15, -0.1) is 0 Å². The normalized spacial score (nSPS) is 12.0. The number of para-hydroxylation sites is 1.